The highest BCUT2D eigenvalue weighted by Crippen LogP contribution is 2.17. The van der Waals surface area contributed by atoms with E-state index in [1.807, 2.05) is 38.1 Å². The zero-order valence-electron chi connectivity index (χ0n) is 14.6. The minimum Gasteiger partial charge on any atom is -0.491 e. The highest BCUT2D eigenvalue weighted by Gasteiger charge is 2.02. The van der Waals surface area contributed by atoms with E-state index in [0.29, 0.717) is 11.4 Å². The second-order valence-corrected chi connectivity index (χ2v) is 5.82. The van der Waals surface area contributed by atoms with Gasteiger partial charge in [0.15, 0.2) is 0 Å². The topological polar surface area (TPSA) is 67.4 Å². The molecule has 0 radical (unpaired) electrons. The zero-order valence-corrected chi connectivity index (χ0v) is 14.6. The maximum Gasteiger partial charge on any atom is 0.248 e. The first kappa shape index (κ1) is 18.3. The summed E-state index contributed by atoms with van der Waals surface area (Å²) in [5.41, 5.74) is 2.12. The first-order chi connectivity index (χ1) is 11.9. The second-order valence-electron chi connectivity index (χ2n) is 5.82. The molecular formula is C20H22N2O3. The lowest BCUT2D eigenvalue weighted by atomic mass is 10.2. The number of hydrogen-bond acceptors (Lipinski definition) is 3. The van der Waals surface area contributed by atoms with E-state index in [4.69, 9.17) is 4.74 Å². The Morgan fingerprint density at radius 2 is 1.68 bits per heavy atom. The van der Waals surface area contributed by atoms with Crippen LogP contribution >= 0.6 is 0 Å². The van der Waals surface area contributed by atoms with Crippen LogP contribution < -0.4 is 15.4 Å². The molecule has 2 aromatic rings. The van der Waals surface area contributed by atoms with Crippen LogP contribution in [0, 0.1) is 0 Å². The summed E-state index contributed by atoms with van der Waals surface area (Å²) in [6, 6.07) is 14.5. The van der Waals surface area contributed by atoms with Crippen LogP contribution in [0.15, 0.2) is 54.6 Å². The number of ether oxygens (including phenoxy) is 1. The molecule has 0 heterocycles. The number of amides is 2. The Kier molecular flexibility index (Phi) is 6.34. The number of benzene rings is 2. The fourth-order valence-electron chi connectivity index (χ4n) is 2.20. The maximum atomic E-state index is 12.1. The first-order valence-corrected chi connectivity index (χ1v) is 8.06. The number of hydrogen-bond donors (Lipinski definition) is 2. The van der Waals surface area contributed by atoms with Crippen LogP contribution in [0.25, 0.3) is 6.08 Å². The fraction of sp³-hybridized carbons (Fsp3) is 0.200. The molecule has 0 saturated heterocycles. The Morgan fingerprint density at radius 1 is 1.00 bits per heavy atom. The van der Waals surface area contributed by atoms with E-state index in [1.165, 1.54) is 13.0 Å². The van der Waals surface area contributed by atoms with Gasteiger partial charge in [-0.1, -0.05) is 18.2 Å². The third-order valence-electron chi connectivity index (χ3n) is 3.11. The molecule has 2 amide bonds. The van der Waals surface area contributed by atoms with Crippen molar-refractivity contribution in [2.75, 3.05) is 10.6 Å². The third-order valence-corrected chi connectivity index (χ3v) is 3.11. The normalized spacial score (nSPS) is 10.7. The molecule has 0 spiro atoms. The van der Waals surface area contributed by atoms with Crippen LogP contribution in [0.2, 0.25) is 0 Å². The van der Waals surface area contributed by atoms with Gasteiger partial charge in [0.05, 0.1) is 6.10 Å². The Labute approximate surface area is 147 Å². The third kappa shape index (κ3) is 6.51. The molecule has 0 bridgehead atoms. The predicted octanol–water partition coefficient (Wildman–Crippen LogP) is 4.08. The highest BCUT2D eigenvalue weighted by atomic mass is 16.5. The van der Waals surface area contributed by atoms with E-state index in [9.17, 15) is 9.59 Å². The Morgan fingerprint density at radius 3 is 2.36 bits per heavy atom. The van der Waals surface area contributed by atoms with Gasteiger partial charge in [-0.2, -0.15) is 0 Å². The summed E-state index contributed by atoms with van der Waals surface area (Å²) in [7, 11) is 0. The van der Waals surface area contributed by atoms with Crippen molar-refractivity contribution in [3.05, 3.63) is 60.2 Å². The molecule has 0 saturated carbocycles. The largest absolute Gasteiger partial charge is 0.491 e. The molecule has 0 aliphatic carbocycles. The van der Waals surface area contributed by atoms with Gasteiger partial charge in [-0.05, 0) is 55.8 Å². The number of anilines is 2. The van der Waals surface area contributed by atoms with Gasteiger partial charge < -0.3 is 15.4 Å². The molecule has 0 aliphatic heterocycles. The smallest absolute Gasteiger partial charge is 0.248 e. The number of carbonyl (C=O) groups is 2. The summed E-state index contributed by atoms with van der Waals surface area (Å²) >= 11 is 0. The van der Waals surface area contributed by atoms with Gasteiger partial charge in [0.1, 0.15) is 5.75 Å². The van der Waals surface area contributed by atoms with Crippen molar-refractivity contribution in [1.29, 1.82) is 0 Å². The van der Waals surface area contributed by atoms with Gasteiger partial charge in [-0.15, -0.1) is 0 Å². The molecule has 0 atom stereocenters. The lowest BCUT2D eigenvalue weighted by Crippen LogP contribution is -2.09. The average molecular weight is 338 g/mol. The van der Waals surface area contributed by atoms with Crippen LogP contribution in [0.4, 0.5) is 11.4 Å². The van der Waals surface area contributed by atoms with Gasteiger partial charge in [0.2, 0.25) is 11.8 Å². The van der Waals surface area contributed by atoms with Gasteiger partial charge in [-0.3, -0.25) is 9.59 Å². The van der Waals surface area contributed by atoms with Crippen molar-refractivity contribution in [2.24, 2.45) is 0 Å². The number of carbonyl (C=O) groups excluding carboxylic acids is 2. The van der Waals surface area contributed by atoms with Gasteiger partial charge in [0.25, 0.3) is 0 Å². The Bertz CT molecular complexity index is 782. The molecule has 0 unspecified atom stereocenters. The molecule has 130 valence electrons. The van der Waals surface area contributed by atoms with Crippen LogP contribution in [0.1, 0.15) is 26.3 Å². The molecule has 2 aromatic carbocycles. The number of nitrogens with one attached hydrogen (secondary N) is 2. The van der Waals surface area contributed by atoms with Gasteiger partial charge in [-0.25, -0.2) is 0 Å². The van der Waals surface area contributed by atoms with Gasteiger partial charge >= 0.3 is 0 Å². The van der Waals surface area contributed by atoms with E-state index in [-0.39, 0.29) is 17.9 Å². The summed E-state index contributed by atoms with van der Waals surface area (Å²) in [5.74, 6) is 0.350. The molecule has 0 fully saturated rings. The van der Waals surface area contributed by atoms with Crippen molar-refractivity contribution < 1.29 is 14.3 Å². The lowest BCUT2D eigenvalue weighted by Gasteiger charge is -2.09. The van der Waals surface area contributed by atoms with Crippen LogP contribution in [0.3, 0.4) is 0 Å². The highest BCUT2D eigenvalue weighted by molar-refractivity contribution is 6.02. The van der Waals surface area contributed by atoms with Crippen molar-refractivity contribution >= 4 is 29.3 Å². The molecule has 5 heteroatoms. The van der Waals surface area contributed by atoms with Crippen molar-refractivity contribution in [3.8, 4) is 5.75 Å². The monoisotopic (exact) mass is 338 g/mol. The van der Waals surface area contributed by atoms with Crippen LogP contribution in [-0.2, 0) is 9.59 Å². The van der Waals surface area contributed by atoms with Crippen LogP contribution in [-0.4, -0.2) is 17.9 Å². The summed E-state index contributed by atoms with van der Waals surface area (Å²) in [6.45, 7) is 5.36. The first-order valence-electron chi connectivity index (χ1n) is 8.06. The van der Waals surface area contributed by atoms with Crippen LogP contribution in [0.5, 0.6) is 5.75 Å². The Hall–Kier alpha value is -3.08. The minimum atomic E-state index is -0.254. The standard InChI is InChI=1S/C20H22N2O3/c1-14(2)25-19-9-4-6-16(12-19)10-11-20(24)22-18-8-5-7-17(13-18)21-15(3)23/h4-14H,1-3H3,(H,21,23)(H,22,24)/b11-10+. The SMILES string of the molecule is CC(=O)Nc1cccc(NC(=O)/C=C/c2cccc(OC(C)C)c2)c1. The molecule has 2 rings (SSSR count). The fourth-order valence-corrected chi connectivity index (χ4v) is 2.20. The molecule has 25 heavy (non-hydrogen) atoms. The molecular weight excluding hydrogens is 316 g/mol. The van der Waals surface area contributed by atoms with Crippen molar-refractivity contribution in [1.82, 2.24) is 0 Å². The Balaban J connectivity index is 2.00. The second kappa shape index (κ2) is 8.68. The molecule has 0 aromatic heterocycles. The van der Waals surface area contributed by atoms with Crippen molar-refractivity contribution in [3.63, 3.8) is 0 Å². The van der Waals surface area contributed by atoms with E-state index in [0.717, 1.165) is 11.3 Å². The van der Waals surface area contributed by atoms with E-state index in [1.54, 1.807) is 30.3 Å². The van der Waals surface area contributed by atoms with E-state index in [2.05, 4.69) is 10.6 Å². The van der Waals surface area contributed by atoms with E-state index < -0.39 is 0 Å². The van der Waals surface area contributed by atoms with E-state index >= 15 is 0 Å². The molecule has 0 aliphatic rings. The predicted molar refractivity (Wildman–Crippen MR) is 101 cm³/mol. The van der Waals surface area contributed by atoms with Gasteiger partial charge in [0, 0.05) is 24.4 Å². The summed E-state index contributed by atoms with van der Waals surface area (Å²) in [5, 5.41) is 5.44. The minimum absolute atomic E-state index is 0.0958. The average Bonchev–Trinajstić information content (AvgIpc) is 2.52. The summed E-state index contributed by atoms with van der Waals surface area (Å²) < 4.78 is 5.63. The lowest BCUT2D eigenvalue weighted by molar-refractivity contribution is -0.114. The quantitative estimate of drug-likeness (QED) is 0.780. The number of rotatable bonds is 6. The maximum absolute atomic E-state index is 12.1. The molecule has 5 nitrogen and oxygen atoms in total. The summed E-state index contributed by atoms with van der Waals surface area (Å²) in [6.07, 6.45) is 3.28. The molecule has 2 N–H and O–H groups in total. The summed E-state index contributed by atoms with van der Waals surface area (Å²) in [4.78, 5) is 23.1. The van der Waals surface area contributed by atoms with Crippen molar-refractivity contribution in [2.45, 2.75) is 26.9 Å². The zero-order chi connectivity index (χ0) is 18.2.